The number of aryl methyl sites for hydroxylation is 2. The van der Waals surface area contributed by atoms with Gasteiger partial charge in [-0.1, -0.05) is 83.1 Å². The highest BCUT2D eigenvalue weighted by Gasteiger charge is 2.39. The highest BCUT2D eigenvalue weighted by Crippen LogP contribution is 2.39. The van der Waals surface area contributed by atoms with Crippen molar-refractivity contribution >= 4 is 19.8 Å². The van der Waals surface area contributed by atoms with Gasteiger partial charge in [0.2, 0.25) is 0 Å². The number of hydrogen-bond donors (Lipinski definition) is 3. The lowest BCUT2D eigenvalue weighted by Gasteiger charge is -2.28. The molecule has 0 aromatic carbocycles. The van der Waals surface area contributed by atoms with Crippen LogP contribution in [-0.4, -0.2) is 104 Å². The largest absolute Gasteiger partial charge is 0.756 e. The fraction of sp³-hybridized carbons (Fsp3) is 0.783. The van der Waals surface area contributed by atoms with Gasteiger partial charge in [-0.15, -0.1) is 0 Å². The van der Waals surface area contributed by atoms with Gasteiger partial charge < -0.3 is 47.6 Å². The normalized spacial score (nSPS) is 20.5. The van der Waals surface area contributed by atoms with Gasteiger partial charge in [-0.05, 0) is 75.8 Å². The molecule has 60 heavy (non-hydrogen) atoms. The van der Waals surface area contributed by atoms with E-state index in [0.717, 1.165) is 82.1 Å². The number of nitrogens with zero attached hydrogens (tertiary/aromatic N) is 1. The zero-order chi connectivity index (χ0) is 44.6. The minimum Gasteiger partial charge on any atom is -0.756 e. The highest BCUT2D eigenvalue weighted by atomic mass is 31.2. The fourth-order valence-electron chi connectivity index (χ4n) is 7.34. The number of ether oxygens (including phenoxy) is 2. The Labute approximate surface area is 361 Å². The molecule has 1 heterocycles. The second-order valence-corrected chi connectivity index (χ2v) is 19.0. The summed E-state index contributed by atoms with van der Waals surface area (Å²) >= 11 is 0. The molecule has 1 aromatic rings. The van der Waals surface area contributed by atoms with Crippen LogP contribution in [0.25, 0.3) is 0 Å². The van der Waals surface area contributed by atoms with Gasteiger partial charge in [0.05, 0.1) is 46.1 Å². The number of furan rings is 1. The first-order valence-corrected chi connectivity index (χ1v) is 24.1. The Bertz CT molecular complexity index is 1470. The molecule has 2 rings (SSSR count). The Kier molecular flexibility index (Phi) is 26.1. The van der Waals surface area contributed by atoms with Crippen LogP contribution in [-0.2, 0) is 45.5 Å². The second kappa shape index (κ2) is 29.1. The summed E-state index contributed by atoms with van der Waals surface area (Å²) in [6.45, 7) is 7.97. The van der Waals surface area contributed by atoms with Crippen molar-refractivity contribution in [2.75, 3.05) is 47.5 Å². The number of hydrogen-bond acceptors (Lipinski definition) is 12. The third kappa shape index (κ3) is 22.7. The summed E-state index contributed by atoms with van der Waals surface area (Å²) in [7, 11) is 1.00. The number of allylic oxidation sites excluding steroid dienone is 2. The number of esters is 2. The van der Waals surface area contributed by atoms with Gasteiger partial charge in [0, 0.05) is 38.0 Å². The zero-order valence-electron chi connectivity index (χ0n) is 37.9. The van der Waals surface area contributed by atoms with Crippen molar-refractivity contribution in [3.8, 4) is 0 Å². The number of aliphatic hydroxyl groups is 3. The van der Waals surface area contributed by atoms with Crippen molar-refractivity contribution in [3.05, 3.63) is 47.0 Å². The summed E-state index contributed by atoms with van der Waals surface area (Å²) in [4.78, 5) is 37.9. The summed E-state index contributed by atoms with van der Waals surface area (Å²) in [5, 5.41) is 31.4. The Morgan fingerprint density at radius 2 is 1.52 bits per heavy atom. The summed E-state index contributed by atoms with van der Waals surface area (Å²) < 4.78 is 40.0. The Balaban J connectivity index is 1.78. The lowest BCUT2D eigenvalue weighted by atomic mass is 9.89. The van der Waals surface area contributed by atoms with Crippen LogP contribution in [0.3, 0.4) is 0 Å². The minimum atomic E-state index is -4.70. The first-order chi connectivity index (χ1) is 28.5. The Morgan fingerprint density at radius 3 is 2.20 bits per heavy atom. The summed E-state index contributed by atoms with van der Waals surface area (Å²) in [6.07, 6.45) is 18.8. The van der Waals surface area contributed by atoms with E-state index in [-0.39, 0.29) is 44.3 Å². The van der Waals surface area contributed by atoms with Gasteiger partial charge in [0.25, 0.3) is 7.82 Å². The standard InChI is InChI=1S/C46H80NO12P/c1-8-10-17-23-37(48)28-29-40-39(41(49)32-42(40)50)24-18-15-16-20-26-45(51)55-33-38(34-57-60(53,54)56-31-30-47(5,6)7)58-46(52)27-21-14-12-11-13-19-25-44-36(4)35(3)43(59-44)22-9-2/h15,18,28-29,37-42,48-50H,8-14,16-17,19-27,30-34H2,1-7H3/b18-15+,29-28+/t37-,38+,39+,40+,41-,42+/m0/s1. The van der Waals surface area contributed by atoms with Crippen LogP contribution < -0.4 is 4.89 Å². The highest BCUT2D eigenvalue weighted by molar-refractivity contribution is 7.45. The van der Waals surface area contributed by atoms with E-state index in [2.05, 4.69) is 27.7 Å². The molecule has 0 amide bonds. The van der Waals surface area contributed by atoms with Crippen molar-refractivity contribution in [3.63, 3.8) is 0 Å². The maximum Gasteiger partial charge on any atom is 0.306 e. The van der Waals surface area contributed by atoms with Crippen LogP contribution >= 0.6 is 7.82 Å². The number of carbonyl (C=O) groups is 2. The molecule has 0 bridgehead atoms. The van der Waals surface area contributed by atoms with Crippen molar-refractivity contribution in [2.45, 2.75) is 174 Å². The van der Waals surface area contributed by atoms with E-state index in [0.29, 0.717) is 43.1 Å². The molecule has 1 aromatic heterocycles. The summed E-state index contributed by atoms with van der Waals surface area (Å²) in [5.41, 5.74) is 2.53. The molecule has 0 spiro atoms. The average Bonchev–Trinajstić information content (AvgIpc) is 3.60. The lowest BCUT2D eigenvalue weighted by Crippen LogP contribution is -2.37. The maximum atomic E-state index is 12.8. The molecular weight excluding hydrogens is 789 g/mol. The van der Waals surface area contributed by atoms with Crippen LogP contribution in [0.5, 0.6) is 0 Å². The van der Waals surface area contributed by atoms with Crippen molar-refractivity contribution in [1.82, 2.24) is 0 Å². The predicted octanol–water partition coefficient (Wildman–Crippen LogP) is 7.76. The topological polar surface area (TPSA) is 185 Å². The van der Waals surface area contributed by atoms with E-state index in [1.807, 2.05) is 39.4 Å². The molecule has 14 heteroatoms. The molecule has 0 aliphatic heterocycles. The molecule has 7 atom stereocenters. The molecule has 1 aliphatic carbocycles. The number of quaternary nitrogens is 1. The molecule has 346 valence electrons. The lowest BCUT2D eigenvalue weighted by molar-refractivity contribution is -0.870. The third-order valence-corrected chi connectivity index (χ3v) is 12.2. The van der Waals surface area contributed by atoms with Gasteiger partial charge >= 0.3 is 11.9 Å². The van der Waals surface area contributed by atoms with E-state index in [9.17, 15) is 34.4 Å². The number of likely N-dealkylation sites (N-methyl/N-ethyl adjacent to an activating group) is 1. The molecule has 1 saturated carbocycles. The molecule has 1 aliphatic rings. The van der Waals surface area contributed by atoms with Crippen LogP contribution in [0.1, 0.15) is 146 Å². The van der Waals surface area contributed by atoms with E-state index in [1.165, 1.54) is 11.1 Å². The number of phosphoric acid groups is 1. The average molecular weight is 870 g/mol. The summed E-state index contributed by atoms with van der Waals surface area (Å²) in [6, 6.07) is 0. The monoisotopic (exact) mass is 870 g/mol. The maximum absolute atomic E-state index is 12.8. The van der Waals surface area contributed by atoms with Crippen LogP contribution in [0.2, 0.25) is 0 Å². The fourth-order valence-corrected chi connectivity index (χ4v) is 8.07. The molecule has 1 unspecified atom stereocenters. The molecule has 1 fully saturated rings. The summed E-state index contributed by atoms with van der Waals surface area (Å²) in [5.74, 6) is 0.717. The molecule has 0 saturated heterocycles. The number of aliphatic hydroxyl groups excluding tert-OH is 3. The van der Waals surface area contributed by atoms with Gasteiger partial charge in [-0.25, -0.2) is 0 Å². The molecule has 13 nitrogen and oxygen atoms in total. The smallest absolute Gasteiger partial charge is 0.306 e. The quantitative estimate of drug-likeness (QED) is 0.0205. The second-order valence-electron chi connectivity index (χ2n) is 17.6. The zero-order valence-corrected chi connectivity index (χ0v) is 38.8. The first kappa shape index (κ1) is 53.8. The van der Waals surface area contributed by atoms with Gasteiger partial charge in [0.15, 0.2) is 6.10 Å². The van der Waals surface area contributed by atoms with Crippen molar-refractivity contribution < 1.29 is 61.8 Å². The number of unbranched alkanes of at least 4 members (excludes halogenated alkanes) is 8. The number of phosphoric ester groups is 1. The molecular formula is C46H80NO12P. The Hall–Kier alpha value is -2.35. The molecule has 0 radical (unpaired) electrons. The van der Waals surface area contributed by atoms with Gasteiger partial charge in [-0.2, -0.15) is 0 Å². The van der Waals surface area contributed by atoms with Crippen LogP contribution in [0, 0.1) is 25.7 Å². The van der Waals surface area contributed by atoms with E-state index in [1.54, 1.807) is 6.08 Å². The van der Waals surface area contributed by atoms with Crippen molar-refractivity contribution in [1.29, 1.82) is 0 Å². The van der Waals surface area contributed by atoms with Gasteiger partial charge in [0.1, 0.15) is 31.3 Å². The van der Waals surface area contributed by atoms with Crippen LogP contribution in [0.15, 0.2) is 28.7 Å². The predicted molar refractivity (Wildman–Crippen MR) is 232 cm³/mol. The SMILES string of the molecule is CCCCC[C@H](O)/C=C/[C@@H]1[C@@H](C/C=C/CCCC(=O)OC[C@H](COP(=O)([O-])OCC[N+](C)(C)C)OC(=O)CCCCCCCCc2oc(CCC)c(C)c2C)[C@@H](O)C[C@H]1O. The van der Waals surface area contributed by atoms with E-state index in [4.69, 9.17) is 22.9 Å². The van der Waals surface area contributed by atoms with E-state index < -0.39 is 50.8 Å². The third-order valence-electron chi connectivity index (χ3n) is 11.2. The Morgan fingerprint density at radius 1 is 0.850 bits per heavy atom. The van der Waals surface area contributed by atoms with Crippen molar-refractivity contribution in [2.24, 2.45) is 11.8 Å². The van der Waals surface area contributed by atoms with Gasteiger partial charge in [-0.3, -0.25) is 14.2 Å². The van der Waals surface area contributed by atoms with E-state index >= 15 is 0 Å². The first-order valence-electron chi connectivity index (χ1n) is 22.7. The minimum absolute atomic E-state index is 0.0790. The number of carbonyl (C=O) groups excluding carboxylic acids is 2. The molecule has 3 N–H and O–H groups in total. The number of rotatable bonds is 33. The van der Waals surface area contributed by atoms with Crippen LogP contribution in [0.4, 0.5) is 0 Å².